The standard InChI is InChI=1S/C18H29N3O5S.ClH/c1-4-25-16-7-6-15(11-17(16)26-5-2)27(23,24)20-12-18(22)21-14-8-9-19-13(3)10-14;/h6-7,11,13-14,19-20H,4-5,8-10,12H2,1-3H3,(H,21,22);1H. The molecule has 1 heterocycles. The van der Waals surface area contributed by atoms with Crippen LogP contribution in [-0.4, -0.2) is 52.7 Å². The molecule has 1 aromatic carbocycles. The fourth-order valence-corrected chi connectivity index (χ4v) is 3.98. The van der Waals surface area contributed by atoms with Crippen LogP contribution in [0.4, 0.5) is 0 Å². The van der Waals surface area contributed by atoms with Gasteiger partial charge in [0.05, 0.1) is 24.7 Å². The Hall–Kier alpha value is -1.55. The van der Waals surface area contributed by atoms with E-state index in [9.17, 15) is 13.2 Å². The number of hydrogen-bond acceptors (Lipinski definition) is 6. The number of carbonyl (C=O) groups is 1. The Morgan fingerprint density at radius 2 is 1.89 bits per heavy atom. The Labute approximate surface area is 173 Å². The first-order valence-corrected chi connectivity index (χ1v) is 10.8. The zero-order valence-electron chi connectivity index (χ0n) is 16.5. The molecule has 160 valence electrons. The lowest BCUT2D eigenvalue weighted by molar-refractivity contribution is -0.120. The third-order valence-electron chi connectivity index (χ3n) is 4.24. The minimum atomic E-state index is -3.84. The van der Waals surface area contributed by atoms with E-state index in [1.165, 1.54) is 12.1 Å². The normalized spacial score (nSPS) is 19.4. The molecule has 0 spiro atoms. The van der Waals surface area contributed by atoms with Crippen LogP contribution in [0.3, 0.4) is 0 Å². The van der Waals surface area contributed by atoms with Crippen molar-refractivity contribution in [1.29, 1.82) is 0 Å². The van der Waals surface area contributed by atoms with Gasteiger partial charge in [0, 0.05) is 18.2 Å². The summed E-state index contributed by atoms with van der Waals surface area (Å²) in [5.41, 5.74) is 0. The van der Waals surface area contributed by atoms with Gasteiger partial charge in [0.15, 0.2) is 11.5 Å². The van der Waals surface area contributed by atoms with Crippen LogP contribution in [0.1, 0.15) is 33.6 Å². The summed E-state index contributed by atoms with van der Waals surface area (Å²) >= 11 is 0. The number of hydrogen-bond donors (Lipinski definition) is 3. The summed E-state index contributed by atoms with van der Waals surface area (Å²) in [6.45, 7) is 7.06. The summed E-state index contributed by atoms with van der Waals surface area (Å²) < 4.78 is 38.3. The van der Waals surface area contributed by atoms with Crippen molar-refractivity contribution in [2.24, 2.45) is 0 Å². The van der Waals surface area contributed by atoms with Crippen molar-refractivity contribution < 1.29 is 22.7 Å². The molecule has 2 unspecified atom stereocenters. The van der Waals surface area contributed by atoms with E-state index in [1.54, 1.807) is 13.0 Å². The third-order valence-corrected chi connectivity index (χ3v) is 5.64. The van der Waals surface area contributed by atoms with Crippen LogP contribution in [0.15, 0.2) is 23.1 Å². The molecule has 3 N–H and O–H groups in total. The number of benzene rings is 1. The van der Waals surface area contributed by atoms with Crippen molar-refractivity contribution in [3.8, 4) is 11.5 Å². The Balaban J connectivity index is 0.00000392. The molecule has 0 bridgehead atoms. The van der Waals surface area contributed by atoms with Crippen LogP contribution in [-0.2, 0) is 14.8 Å². The molecule has 1 aliphatic rings. The van der Waals surface area contributed by atoms with E-state index in [-0.39, 0.29) is 35.8 Å². The van der Waals surface area contributed by atoms with Gasteiger partial charge in [-0.05, 0) is 52.3 Å². The second-order valence-corrected chi connectivity index (χ2v) is 8.21. The topological polar surface area (TPSA) is 106 Å². The van der Waals surface area contributed by atoms with E-state index in [1.807, 2.05) is 6.92 Å². The molecule has 1 amide bonds. The largest absolute Gasteiger partial charge is 0.490 e. The highest BCUT2D eigenvalue weighted by Crippen LogP contribution is 2.30. The van der Waals surface area contributed by atoms with E-state index in [2.05, 4.69) is 22.3 Å². The summed E-state index contributed by atoms with van der Waals surface area (Å²) in [6.07, 6.45) is 1.66. The Morgan fingerprint density at radius 1 is 1.21 bits per heavy atom. The van der Waals surface area contributed by atoms with E-state index in [0.717, 1.165) is 19.4 Å². The number of amides is 1. The van der Waals surface area contributed by atoms with Crippen molar-refractivity contribution >= 4 is 28.3 Å². The average molecular weight is 436 g/mol. The Bertz CT molecular complexity index is 745. The summed E-state index contributed by atoms with van der Waals surface area (Å²) in [6, 6.07) is 4.79. The van der Waals surface area contributed by atoms with Crippen molar-refractivity contribution in [3.05, 3.63) is 18.2 Å². The van der Waals surface area contributed by atoms with Gasteiger partial charge in [0.2, 0.25) is 15.9 Å². The van der Waals surface area contributed by atoms with Gasteiger partial charge in [0.1, 0.15) is 0 Å². The quantitative estimate of drug-likeness (QED) is 0.542. The molecule has 0 aliphatic carbocycles. The van der Waals surface area contributed by atoms with E-state index in [4.69, 9.17) is 9.47 Å². The molecule has 28 heavy (non-hydrogen) atoms. The van der Waals surface area contributed by atoms with E-state index < -0.39 is 10.0 Å². The molecular weight excluding hydrogens is 406 g/mol. The van der Waals surface area contributed by atoms with Crippen LogP contribution in [0, 0.1) is 0 Å². The fraction of sp³-hybridized carbons (Fsp3) is 0.611. The highest BCUT2D eigenvalue weighted by molar-refractivity contribution is 7.89. The van der Waals surface area contributed by atoms with Gasteiger partial charge in [-0.3, -0.25) is 4.79 Å². The molecule has 1 aromatic rings. The smallest absolute Gasteiger partial charge is 0.241 e. The first-order valence-electron chi connectivity index (χ1n) is 9.27. The maximum absolute atomic E-state index is 12.5. The number of carbonyl (C=O) groups excluding carboxylic acids is 1. The van der Waals surface area contributed by atoms with Crippen molar-refractivity contribution in [3.63, 3.8) is 0 Å². The van der Waals surface area contributed by atoms with E-state index in [0.29, 0.717) is 30.8 Å². The first-order chi connectivity index (χ1) is 12.9. The molecule has 8 nitrogen and oxygen atoms in total. The predicted molar refractivity (Wildman–Crippen MR) is 110 cm³/mol. The fourth-order valence-electron chi connectivity index (χ4n) is 2.98. The second kappa shape index (κ2) is 11.5. The van der Waals surface area contributed by atoms with Crippen LogP contribution in [0.2, 0.25) is 0 Å². The average Bonchev–Trinajstić information content (AvgIpc) is 2.62. The Morgan fingerprint density at radius 3 is 2.54 bits per heavy atom. The molecule has 2 atom stereocenters. The molecular formula is C18H30ClN3O5S. The number of piperidine rings is 1. The maximum Gasteiger partial charge on any atom is 0.241 e. The number of halogens is 1. The van der Waals surface area contributed by atoms with Crippen LogP contribution in [0.5, 0.6) is 11.5 Å². The molecule has 0 aromatic heterocycles. The summed E-state index contributed by atoms with van der Waals surface area (Å²) in [7, 11) is -3.84. The van der Waals surface area contributed by atoms with Crippen molar-refractivity contribution in [1.82, 2.24) is 15.4 Å². The minimum absolute atomic E-state index is 0. The van der Waals surface area contributed by atoms with Gasteiger partial charge in [-0.2, -0.15) is 0 Å². The zero-order chi connectivity index (χ0) is 19.9. The summed E-state index contributed by atoms with van der Waals surface area (Å²) in [4.78, 5) is 12.1. The monoisotopic (exact) mass is 435 g/mol. The first kappa shape index (κ1) is 24.5. The molecule has 1 saturated heterocycles. The lowest BCUT2D eigenvalue weighted by atomic mass is 10.0. The molecule has 2 rings (SSSR count). The zero-order valence-corrected chi connectivity index (χ0v) is 18.1. The molecule has 1 aliphatic heterocycles. The SMILES string of the molecule is CCOc1ccc(S(=O)(=O)NCC(=O)NC2CCNC(C)C2)cc1OCC.Cl. The lowest BCUT2D eigenvalue weighted by Crippen LogP contribution is -2.48. The van der Waals surface area contributed by atoms with Crippen LogP contribution < -0.4 is 24.8 Å². The van der Waals surface area contributed by atoms with Gasteiger partial charge in [-0.15, -0.1) is 12.4 Å². The Kier molecular flexibility index (Phi) is 10.0. The number of nitrogens with one attached hydrogen (secondary N) is 3. The third kappa shape index (κ3) is 7.12. The number of rotatable bonds is 9. The lowest BCUT2D eigenvalue weighted by Gasteiger charge is -2.28. The summed E-state index contributed by atoms with van der Waals surface area (Å²) in [5, 5.41) is 6.19. The maximum atomic E-state index is 12.5. The van der Waals surface area contributed by atoms with Gasteiger partial charge < -0.3 is 20.1 Å². The van der Waals surface area contributed by atoms with Crippen LogP contribution >= 0.6 is 12.4 Å². The predicted octanol–water partition coefficient (Wildman–Crippen LogP) is 1.44. The van der Waals surface area contributed by atoms with Gasteiger partial charge in [0.25, 0.3) is 0 Å². The van der Waals surface area contributed by atoms with Crippen molar-refractivity contribution in [2.75, 3.05) is 26.3 Å². The van der Waals surface area contributed by atoms with Crippen LogP contribution in [0.25, 0.3) is 0 Å². The molecule has 0 saturated carbocycles. The van der Waals surface area contributed by atoms with Gasteiger partial charge in [-0.25, -0.2) is 13.1 Å². The number of ether oxygens (including phenoxy) is 2. The second-order valence-electron chi connectivity index (χ2n) is 6.44. The summed E-state index contributed by atoms with van der Waals surface area (Å²) in [5.74, 6) is 0.500. The number of sulfonamides is 1. The minimum Gasteiger partial charge on any atom is -0.490 e. The molecule has 1 fully saturated rings. The van der Waals surface area contributed by atoms with Crippen molar-refractivity contribution in [2.45, 2.75) is 50.6 Å². The molecule has 10 heteroatoms. The highest BCUT2D eigenvalue weighted by Gasteiger charge is 2.22. The van der Waals surface area contributed by atoms with Gasteiger partial charge >= 0.3 is 0 Å². The van der Waals surface area contributed by atoms with Gasteiger partial charge in [-0.1, -0.05) is 0 Å². The molecule has 0 radical (unpaired) electrons. The highest BCUT2D eigenvalue weighted by atomic mass is 35.5. The van der Waals surface area contributed by atoms with E-state index >= 15 is 0 Å².